The van der Waals surface area contributed by atoms with Crippen LogP contribution in [0.3, 0.4) is 0 Å². The molecular formula is C23H27NO5. The van der Waals surface area contributed by atoms with Crippen LogP contribution in [0.15, 0.2) is 54.6 Å². The van der Waals surface area contributed by atoms with E-state index in [2.05, 4.69) is 0 Å². The fraction of sp³-hybridized carbons (Fsp3) is 0.304. The second-order valence-corrected chi connectivity index (χ2v) is 6.57. The van der Waals surface area contributed by atoms with Crippen molar-refractivity contribution in [1.82, 2.24) is 4.90 Å². The van der Waals surface area contributed by atoms with Crippen LogP contribution in [0.2, 0.25) is 0 Å². The van der Waals surface area contributed by atoms with Crippen molar-refractivity contribution in [1.29, 1.82) is 0 Å². The van der Waals surface area contributed by atoms with Gasteiger partial charge in [-0.2, -0.15) is 0 Å². The molecule has 0 spiro atoms. The van der Waals surface area contributed by atoms with Crippen molar-refractivity contribution in [2.75, 3.05) is 27.9 Å². The van der Waals surface area contributed by atoms with Crippen LogP contribution < -0.4 is 9.47 Å². The summed E-state index contributed by atoms with van der Waals surface area (Å²) in [7, 11) is 4.49. The molecule has 0 bridgehead atoms. The third kappa shape index (κ3) is 6.38. The second kappa shape index (κ2) is 10.9. The maximum Gasteiger partial charge on any atom is 0.310 e. The van der Waals surface area contributed by atoms with Crippen LogP contribution in [0.4, 0.5) is 0 Å². The van der Waals surface area contributed by atoms with Crippen LogP contribution in [-0.4, -0.2) is 44.7 Å². The number of carbonyl (C=O) groups excluding carboxylic acids is 2. The van der Waals surface area contributed by atoms with Crippen molar-refractivity contribution in [3.63, 3.8) is 0 Å². The van der Waals surface area contributed by atoms with E-state index in [1.807, 2.05) is 36.4 Å². The number of amides is 1. The molecule has 0 aromatic heterocycles. The zero-order valence-electron chi connectivity index (χ0n) is 17.3. The zero-order chi connectivity index (χ0) is 21.2. The summed E-state index contributed by atoms with van der Waals surface area (Å²) in [5.41, 5.74) is 1.73. The summed E-state index contributed by atoms with van der Waals surface area (Å²) in [6, 6.07) is 15.0. The van der Waals surface area contributed by atoms with Gasteiger partial charge in [0.05, 0.1) is 27.2 Å². The van der Waals surface area contributed by atoms with E-state index < -0.39 is 5.92 Å². The number of ether oxygens (including phenoxy) is 3. The molecule has 0 aliphatic rings. The average molecular weight is 397 g/mol. The van der Waals surface area contributed by atoms with Gasteiger partial charge in [-0.25, -0.2) is 0 Å². The summed E-state index contributed by atoms with van der Waals surface area (Å²) in [4.78, 5) is 26.4. The Balaban J connectivity index is 2.21. The lowest BCUT2D eigenvalue weighted by Gasteiger charge is -2.24. The lowest BCUT2D eigenvalue weighted by Crippen LogP contribution is -2.35. The zero-order valence-corrected chi connectivity index (χ0v) is 17.3. The first-order chi connectivity index (χ1) is 14.0. The highest BCUT2D eigenvalue weighted by molar-refractivity contribution is 5.92. The van der Waals surface area contributed by atoms with Gasteiger partial charge in [0, 0.05) is 30.8 Å². The summed E-state index contributed by atoms with van der Waals surface area (Å²) >= 11 is 0. The highest BCUT2D eigenvalue weighted by Crippen LogP contribution is 2.25. The van der Waals surface area contributed by atoms with Crippen LogP contribution in [0.5, 0.6) is 11.5 Å². The number of esters is 1. The first-order valence-corrected chi connectivity index (χ1v) is 9.29. The number of carbonyl (C=O) groups is 2. The van der Waals surface area contributed by atoms with Crippen LogP contribution >= 0.6 is 0 Å². The molecule has 0 heterocycles. The molecule has 0 aliphatic heterocycles. The molecule has 0 saturated carbocycles. The summed E-state index contributed by atoms with van der Waals surface area (Å²) in [5, 5.41) is 0. The standard InChI is InChI=1S/C23H27NO5/c1-17(23(26)29-4)15-24(16-18-8-6-5-7-9-18)22(25)13-11-19-10-12-20(27-2)14-21(19)28-3/h5-14,17H,15-16H2,1-4H3/b13-11+. The van der Waals surface area contributed by atoms with Gasteiger partial charge in [-0.15, -0.1) is 0 Å². The van der Waals surface area contributed by atoms with E-state index in [1.54, 1.807) is 44.3 Å². The first kappa shape index (κ1) is 22.0. The molecule has 2 aromatic carbocycles. The van der Waals surface area contributed by atoms with Crippen molar-refractivity contribution in [2.45, 2.75) is 13.5 Å². The van der Waals surface area contributed by atoms with Gasteiger partial charge in [0.15, 0.2) is 0 Å². The van der Waals surface area contributed by atoms with Crippen molar-refractivity contribution in [3.8, 4) is 11.5 Å². The van der Waals surface area contributed by atoms with Gasteiger partial charge in [0.2, 0.25) is 5.91 Å². The topological polar surface area (TPSA) is 65.1 Å². The Morgan fingerprint density at radius 1 is 1.03 bits per heavy atom. The predicted octanol–water partition coefficient (Wildman–Crippen LogP) is 3.55. The van der Waals surface area contributed by atoms with Gasteiger partial charge in [-0.3, -0.25) is 9.59 Å². The van der Waals surface area contributed by atoms with Gasteiger partial charge in [-0.1, -0.05) is 37.3 Å². The van der Waals surface area contributed by atoms with Crippen molar-refractivity contribution in [3.05, 3.63) is 65.7 Å². The van der Waals surface area contributed by atoms with E-state index in [-0.39, 0.29) is 18.4 Å². The summed E-state index contributed by atoms with van der Waals surface area (Å²) < 4.78 is 15.4. The molecule has 154 valence electrons. The first-order valence-electron chi connectivity index (χ1n) is 9.29. The quantitative estimate of drug-likeness (QED) is 0.478. The lowest BCUT2D eigenvalue weighted by atomic mass is 10.1. The van der Waals surface area contributed by atoms with Gasteiger partial charge in [0.25, 0.3) is 0 Å². The Labute approximate surface area is 171 Å². The van der Waals surface area contributed by atoms with Gasteiger partial charge >= 0.3 is 5.97 Å². The molecule has 2 rings (SSSR count). The number of rotatable bonds is 9. The second-order valence-electron chi connectivity index (χ2n) is 6.57. The normalized spacial score (nSPS) is 11.7. The van der Waals surface area contributed by atoms with Crippen molar-refractivity contribution in [2.24, 2.45) is 5.92 Å². The SMILES string of the molecule is COC(=O)C(C)CN(Cc1ccccc1)C(=O)/C=C/c1ccc(OC)cc1OC. The van der Waals surface area contributed by atoms with Gasteiger partial charge in [-0.05, 0) is 23.8 Å². The van der Waals surface area contributed by atoms with Gasteiger partial charge in [0.1, 0.15) is 11.5 Å². The molecule has 0 radical (unpaired) electrons. The van der Waals surface area contributed by atoms with Crippen LogP contribution in [-0.2, 0) is 20.9 Å². The van der Waals surface area contributed by atoms with E-state index in [0.717, 1.165) is 11.1 Å². The van der Waals surface area contributed by atoms with Crippen LogP contribution in [0.25, 0.3) is 6.08 Å². The Morgan fingerprint density at radius 2 is 1.76 bits per heavy atom. The van der Waals surface area contributed by atoms with E-state index in [9.17, 15) is 9.59 Å². The lowest BCUT2D eigenvalue weighted by molar-refractivity contribution is -0.146. The maximum atomic E-state index is 12.9. The molecule has 6 heteroatoms. The third-order valence-corrected chi connectivity index (χ3v) is 4.47. The summed E-state index contributed by atoms with van der Waals surface area (Å²) in [6.45, 7) is 2.39. The fourth-order valence-corrected chi connectivity index (χ4v) is 2.87. The van der Waals surface area contributed by atoms with E-state index >= 15 is 0 Å². The van der Waals surface area contributed by atoms with Crippen molar-refractivity contribution >= 4 is 18.0 Å². The molecule has 29 heavy (non-hydrogen) atoms. The predicted molar refractivity (Wildman–Crippen MR) is 112 cm³/mol. The minimum absolute atomic E-state index is 0.206. The highest BCUT2D eigenvalue weighted by atomic mass is 16.5. The Bertz CT molecular complexity index is 848. The molecule has 0 saturated heterocycles. The number of benzene rings is 2. The fourth-order valence-electron chi connectivity index (χ4n) is 2.87. The summed E-state index contributed by atoms with van der Waals surface area (Å²) in [5.74, 6) is 0.282. The largest absolute Gasteiger partial charge is 0.497 e. The molecule has 2 aromatic rings. The maximum absolute atomic E-state index is 12.9. The molecule has 1 unspecified atom stereocenters. The van der Waals surface area contributed by atoms with E-state index in [4.69, 9.17) is 14.2 Å². The number of nitrogens with zero attached hydrogens (tertiary/aromatic N) is 1. The number of methoxy groups -OCH3 is 3. The Hall–Kier alpha value is -3.28. The number of hydrogen-bond donors (Lipinski definition) is 0. The van der Waals surface area contributed by atoms with Crippen LogP contribution in [0, 0.1) is 5.92 Å². The van der Waals surface area contributed by atoms with Crippen LogP contribution in [0.1, 0.15) is 18.1 Å². The smallest absolute Gasteiger partial charge is 0.310 e. The molecule has 0 aliphatic carbocycles. The third-order valence-electron chi connectivity index (χ3n) is 4.47. The monoisotopic (exact) mass is 397 g/mol. The highest BCUT2D eigenvalue weighted by Gasteiger charge is 2.20. The summed E-state index contributed by atoms with van der Waals surface area (Å²) in [6.07, 6.45) is 3.18. The Kier molecular flexibility index (Phi) is 8.27. The molecular weight excluding hydrogens is 370 g/mol. The molecule has 0 fully saturated rings. The van der Waals surface area contributed by atoms with Gasteiger partial charge < -0.3 is 19.1 Å². The molecule has 1 atom stereocenters. The molecule has 0 N–H and O–H groups in total. The minimum Gasteiger partial charge on any atom is -0.497 e. The average Bonchev–Trinajstić information content (AvgIpc) is 2.76. The minimum atomic E-state index is -0.434. The van der Waals surface area contributed by atoms with E-state index in [0.29, 0.717) is 18.0 Å². The molecule has 1 amide bonds. The van der Waals surface area contributed by atoms with Crippen molar-refractivity contribution < 1.29 is 23.8 Å². The molecule has 6 nitrogen and oxygen atoms in total. The van der Waals surface area contributed by atoms with E-state index in [1.165, 1.54) is 13.2 Å². The Morgan fingerprint density at radius 3 is 2.38 bits per heavy atom. The number of hydrogen-bond acceptors (Lipinski definition) is 5.